The molecule has 3 aromatic rings. The lowest BCUT2D eigenvalue weighted by Crippen LogP contribution is -2.27. The number of thiophene rings is 1. The summed E-state index contributed by atoms with van der Waals surface area (Å²) < 4.78 is 59.4. The molecule has 0 bridgehead atoms. The molecule has 168 valence electrons. The van der Waals surface area contributed by atoms with E-state index in [0.29, 0.717) is 6.54 Å². The van der Waals surface area contributed by atoms with E-state index in [9.17, 15) is 26.7 Å². The van der Waals surface area contributed by atoms with Crippen molar-refractivity contribution in [1.29, 1.82) is 0 Å². The Hall–Kier alpha value is -3.33. The fourth-order valence-corrected chi connectivity index (χ4v) is 3.13. The van der Waals surface area contributed by atoms with Crippen LogP contribution in [0.2, 0.25) is 0 Å². The van der Waals surface area contributed by atoms with Gasteiger partial charge in [0.25, 0.3) is 6.08 Å². The van der Waals surface area contributed by atoms with Gasteiger partial charge in [-0.05, 0) is 12.1 Å². The van der Waals surface area contributed by atoms with E-state index >= 15 is 0 Å². The van der Waals surface area contributed by atoms with Crippen LogP contribution in [0.25, 0.3) is 10.4 Å². The minimum Gasteiger partial charge on any atom is -0.475 e. The molecule has 0 amide bonds. The van der Waals surface area contributed by atoms with Crippen molar-refractivity contribution in [3.63, 3.8) is 0 Å². The van der Waals surface area contributed by atoms with Gasteiger partial charge in [0.15, 0.2) is 0 Å². The lowest BCUT2D eigenvalue weighted by Gasteiger charge is -2.02. The molecular formula is C16H15F5N6O3S. The third kappa shape index (κ3) is 6.58. The molecule has 0 saturated carbocycles. The summed E-state index contributed by atoms with van der Waals surface area (Å²) in [4.78, 5) is 23.1. The highest BCUT2D eigenvalue weighted by atomic mass is 32.1. The summed E-state index contributed by atoms with van der Waals surface area (Å²) in [6.45, 7) is -0.308. The van der Waals surface area contributed by atoms with Crippen LogP contribution in [-0.4, -0.2) is 48.3 Å². The number of halogens is 5. The molecule has 0 aliphatic rings. The van der Waals surface area contributed by atoms with E-state index in [2.05, 4.69) is 15.3 Å². The summed E-state index contributed by atoms with van der Waals surface area (Å²) in [5.41, 5.74) is 5.46. The molecule has 4 N–H and O–H groups in total. The number of nitrogens with zero attached hydrogens (tertiary/aromatic N) is 4. The number of alkyl halides is 3. The summed E-state index contributed by atoms with van der Waals surface area (Å²) in [5, 5.41) is 17.6. The van der Waals surface area contributed by atoms with E-state index in [1.165, 1.54) is 22.2 Å². The number of aromatic amines is 1. The molecule has 0 aromatic carbocycles. The molecule has 0 radical (unpaired) electrons. The average Bonchev–Trinajstić information content (AvgIpc) is 3.43. The third-order valence-electron chi connectivity index (χ3n) is 3.66. The molecule has 0 unspecified atom stereocenters. The molecule has 3 aromatic heterocycles. The number of aliphatic carboxylic acids is 1. The molecule has 0 aliphatic heterocycles. The molecule has 9 nitrogen and oxygen atoms in total. The fraction of sp³-hybridized carbons (Fsp3) is 0.250. The topological polar surface area (TPSA) is 132 Å². The van der Waals surface area contributed by atoms with Crippen molar-refractivity contribution in [1.82, 2.24) is 24.5 Å². The Morgan fingerprint density at radius 1 is 1.29 bits per heavy atom. The minimum atomic E-state index is -5.08. The summed E-state index contributed by atoms with van der Waals surface area (Å²) >= 11 is 1.52. The number of hydrogen-bond acceptors (Lipinski definition) is 6. The van der Waals surface area contributed by atoms with Crippen molar-refractivity contribution in [3.05, 3.63) is 57.9 Å². The maximum absolute atomic E-state index is 12.7. The number of H-pyrrole nitrogens is 1. The van der Waals surface area contributed by atoms with Crippen LogP contribution < -0.4 is 11.4 Å². The molecule has 3 heterocycles. The van der Waals surface area contributed by atoms with Crippen molar-refractivity contribution in [2.75, 3.05) is 6.54 Å². The van der Waals surface area contributed by atoms with E-state index in [-0.39, 0.29) is 18.7 Å². The first-order valence-electron chi connectivity index (χ1n) is 8.26. The van der Waals surface area contributed by atoms with Crippen LogP contribution in [0.4, 0.5) is 22.0 Å². The minimum absolute atomic E-state index is 0.305. The Morgan fingerprint density at radius 3 is 2.48 bits per heavy atom. The number of aromatic nitrogens is 5. The van der Waals surface area contributed by atoms with Gasteiger partial charge in [0.2, 0.25) is 0 Å². The second kappa shape index (κ2) is 10.1. The van der Waals surface area contributed by atoms with E-state index in [0.717, 1.165) is 20.0 Å². The van der Waals surface area contributed by atoms with Gasteiger partial charge in [-0.1, -0.05) is 0 Å². The SMILES string of the molecule is NCC(Cn1ncn(Cc2ccc(-c3cn[nH]c3)s2)c1=O)=C(F)F.O=C(O)C(F)(F)F. The number of rotatable bonds is 6. The molecule has 0 aliphatic carbocycles. The van der Waals surface area contributed by atoms with Gasteiger partial charge in [-0.25, -0.2) is 14.3 Å². The Balaban J connectivity index is 0.000000423. The van der Waals surface area contributed by atoms with Crippen molar-refractivity contribution < 1.29 is 31.9 Å². The van der Waals surface area contributed by atoms with Crippen LogP contribution in [0.15, 0.2) is 47.3 Å². The zero-order valence-corrected chi connectivity index (χ0v) is 16.3. The molecule has 0 atom stereocenters. The predicted octanol–water partition coefficient (Wildman–Crippen LogP) is 2.29. The molecule has 0 spiro atoms. The summed E-state index contributed by atoms with van der Waals surface area (Å²) in [7, 11) is 0. The Morgan fingerprint density at radius 2 is 1.97 bits per heavy atom. The number of hydrogen-bond donors (Lipinski definition) is 3. The van der Waals surface area contributed by atoms with Gasteiger partial charge in [-0.15, -0.1) is 11.3 Å². The zero-order valence-electron chi connectivity index (χ0n) is 15.4. The first-order valence-corrected chi connectivity index (χ1v) is 9.08. The lowest BCUT2D eigenvalue weighted by atomic mass is 10.3. The molecular weight excluding hydrogens is 451 g/mol. The van der Waals surface area contributed by atoms with Gasteiger partial charge in [0.05, 0.1) is 19.3 Å². The van der Waals surface area contributed by atoms with Crippen molar-refractivity contribution >= 4 is 17.3 Å². The average molecular weight is 466 g/mol. The van der Waals surface area contributed by atoms with Gasteiger partial charge in [-0.3, -0.25) is 9.67 Å². The second-order valence-corrected chi connectivity index (χ2v) is 6.99. The maximum atomic E-state index is 12.7. The van der Waals surface area contributed by atoms with Gasteiger partial charge < -0.3 is 10.8 Å². The lowest BCUT2D eigenvalue weighted by molar-refractivity contribution is -0.192. The van der Waals surface area contributed by atoms with Crippen molar-refractivity contribution in [2.45, 2.75) is 19.3 Å². The predicted molar refractivity (Wildman–Crippen MR) is 99.5 cm³/mol. The molecule has 0 saturated heterocycles. The number of carbonyl (C=O) groups is 1. The normalized spacial score (nSPS) is 11.0. The monoisotopic (exact) mass is 466 g/mol. The molecule has 15 heteroatoms. The first kappa shape index (κ1) is 23.9. The van der Waals surface area contributed by atoms with Crippen LogP contribution in [0.3, 0.4) is 0 Å². The van der Waals surface area contributed by atoms with Crippen molar-refractivity contribution in [3.8, 4) is 10.4 Å². The highest BCUT2D eigenvalue weighted by Gasteiger charge is 2.38. The van der Waals surface area contributed by atoms with Crippen LogP contribution in [0, 0.1) is 0 Å². The largest absolute Gasteiger partial charge is 0.490 e. The Labute approximate surface area is 174 Å². The van der Waals surface area contributed by atoms with Crippen molar-refractivity contribution in [2.24, 2.45) is 5.73 Å². The van der Waals surface area contributed by atoms with Crippen LogP contribution in [-0.2, 0) is 17.9 Å². The maximum Gasteiger partial charge on any atom is 0.490 e. The number of nitrogens with one attached hydrogen (secondary N) is 1. The summed E-state index contributed by atoms with van der Waals surface area (Å²) in [5.74, 6) is -2.76. The number of nitrogens with two attached hydrogens (primary N) is 1. The van der Waals surface area contributed by atoms with E-state index < -0.39 is 23.9 Å². The van der Waals surface area contributed by atoms with E-state index in [1.807, 2.05) is 12.1 Å². The van der Waals surface area contributed by atoms with Crippen LogP contribution in [0.1, 0.15) is 4.88 Å². The quantitative estimate of drug-likeness (QED) is 0.478. The van der Waals surface area contributed by atoms with Gasteiger partial charge >= 0.3 is 17.8 Å². The highest BCUT2D eigenvalue weighted by Crippen LogP contribution is 2.27. The molecule has 31 heavy (non-hydrogen) atoms. The van der Waals surface area contributed by atoms with Gasteiger partial charge in [0, 0.05) is 33.6 Å². The molecule has 0 fully saturated rings. The second-order valence-electron chi connectivity index (χ2n) is 5.82. The van der Waals surface area contributed by atoms with E-state index in [4.69, 9.17) is 15.6 Å². The zero-order chi connectivity index (χ0) is 23.2. The Bertz CT molecular complexity index is 1100. The fourth-order valence-electron chi connectivity index (χ4n) is 2.14. The third-order valence-corrected chi connectivity index (χ3v) is 4.78. The summed E-state index contributed by atoms with van der Waals surface area (Å²) in [6, 6.07) is 3.84. The van der Waals surface area contributed by atoms with E-state index in [1.54, 1.807) is 12.4 Å². The Kier molecular flexibility index (Phi) is 7.82. The van der Waals surface area contributed by atoms with Crippen LogP contribution >= 0.6 is 11.3 Å². The van der Waals surface area contributed by atoms with Crippen LogP contribution in [0.5, 0.6) is 0 Å². The highest BCUT2D eigenvalue weighted by molar-refractivity contribution is 7.15. The van der Waals surface area contributed by atoms with Gasteiger partial charge in [0.1, 0.15) is 6.33 Å². The molecule has 3 rings (SSSR count). The standard InChI is InChI=1S/C14H14F2N6OS.C2HF3O2/c15-13(16)9(3-17)6-22-14(23)21(8-20-22)7-11-1-2-12(24-11)10-4-18-19-5-10;3-2(4,5)1(6)7/h1-2,4-5,8H,3,6-7,17H2,(H,18,19);(H,6,7). The smallest absolute Gasteiger partial charge is 0.475 e. The van der Waals surface area contributed by atoms with Gasteiger partial charge in [-0.2, -0.15) is 32.1 Å². The summed E-state index contributed by atoms with van der Waals surface area (Å²) in [6.07, 6.45) is -2.12. The number of carboxylic acids is 1. The first-order chi connectivity index (χ1) is 14.5. The number of carboxylic acid groups (broad SMARTS) is 1.